The lowest BCUT2D eigenvalue weighted by molar-refractivity contribution is 0.0944. The first-order valence-corrected chi connectivity index (χ1v) is 8.35. The van der Waals surface area contributed by atoms with Crippen molar-refractivity contribution in [1.82, 2.24) is 19.9 Å². The van der Waals surface area contributed by atoms with Gasteiger partial charge in [-0.15, -0.1) is 10.2 Å². The van der Waals surface area contributed by atoms with Gasteiger partial charge in [-0.05, 0) is 43.5 Å². The highest BCUT2D eigenvalue weighted by atomic mass is 16.4. The Morgan fingerprint density at radius 1 is 1.36 bits per heavy atom. The van der Waals surface area contributed by atoms with Gasteiger partial charge in [-0.2, -0.15) is 0 Å². The van der Waals surface area contributed by atoms with Gasteiger partial charge in [0.2, 0.25) is 0 Å². The first-order valence-electron chi connectivity index (χ1n) is 8.35. The van der Waals surface area contributed by atoms with Crippen LogP contribution < -0.4 is 10.9 Å². The van der Waals surface area contributed by atoms with Crippen molar-refractivity contribution in [3.8, 4) is 0 Å². The number of aromatic nitrogens is 3. The van der Waals surface area contributed by atoms with Crippen LogP contribution in [-0.2, 0) is 6.54 Å². The predicted molar refractivity (Wildman–Crippen MR) is 90.5 cm³/mol. The van der Waals surface area contributed by atoms with Crippen molar-refractivity contribution in [3.63, 3.8) is 0 Å². The van der Waals surface area contributed by atoms with E-state index in [0.717, 1.165) is 19.3 Å². The van der Waals surface area contributed by atoms with E-state index in [-0.39, 0.29) is 12.1 Å². The van der Waals surface area contributed by atoms with E-state index in [1.165, 1.54) is 0 Å². The molecule has 7 heteroatoms. The Labute approximate surface area is 143 Å². The molecule has 1 N–H and O–H groups in total. The van der Waals surface area contributed by atoms with Crippen LogP contribution in [0.1, 0.15) is 52.7 Å². The molecule has 3 heterocycles. The number of pyridine rings is 1. The normalized spacial score (nSPS) is 14.4. The largest absolute Gasteiger partial charge is 0.427 e. The van der Waals surface area contributed by atoms with Crippen molar-refractivity contribution in [1.29, 1.82) is 0 Å². The van der Waals surface area contributed by atoms with Crippen LogP contribution in [0, 0.1) is 6.92 Å². The summed E-state index contributed by atoms with van der Waals surface area (Å²) in [5, 5.41) is 10.8. The highest BCUT2D eigenvalue weighted by Gasteiger charge is 2.25. The number of amides is 1. The fraction of sp³-hybridized carbons (Fsp3) is 0.333. The van der Waals surface area contributed by atoms with E-state index in [4.69, 9.17) is 4.42 Å². The molecule has 7 nitrogen and oxygen atoms in total. The van der Waals surface area contributed by atoms with Crippen molar-refractivity contribution < 1.29 is 9.21 Å². The highest BCUT2D eigenvalue weighted by Crippen LogP contribution is 2.36. The van der Waals surface area contributed by atoms with Gasteiger partial charge in [0.1, 0.15) is 11.3 Å². The average Bonchev–Trinajstić information content (AvgIpc) is 2.94. The number of rotatable bonds is 4. The van der Waals surface area contributed by atoms with Crippen LogP contribution in [0.5, 0.6) is 0 Å². The Morgan fingerprint density at radius 3 is 2.92 bits per heavy atom. The second-order valence-corrected chi connectivity index (χ2v) is 6.35. The van der Waals surface area contributed by atoms with Crippen LogP contribution in [0.4, 0.5) is 0 Å². The summed E-state index contributed by atoms with van der Waals surface area (Å²) in [6.45, 7) is 1.94. The quantitative estimate of drug-likeness (QED) is 0.787. The maximum Gasteiger partial charge on any atom is 0.349 e. The van der Waals surface area contributed by atoms with E-state index in [0.29, 0.717) is 28.7 Å². The topological polar surface area (TPSA) is 89.5 Å². The molecule has 1 saturated carbocycles. The van der Waals surface area contributed by atoms with Crippen molar-refractivity contribution in [2.24, 2.45) is 0 Å². The Bertz CT molecular complexity index is 1000. The zero-order valence-electron chi connectivity index (χ0n) is 13.9. The summed E-state index contributed by atoms with van der Waals surface area (Å²) < 4.78 is 7.16. The van der Waals surface area contributed by atoms with Crippen molar-refractivity contribution in [2.75, 3.05) is 0 Å². The molecular formula is C18H18N4O3. The molecule has 3 aromatic rings. The van der Waals surface area contributed by atoms with E-state index in [1.807, 2.05) is 30.5 Å². The fourth-order valence-electron chi connectivity index (χ4n) is 3.06. The van der Waals surface area contributed by atoms with E-state index >= 15 is 0 Å². The van der Waals surface area contributed by atoms with Crippen LogP contribution >= 0.6 is 0 Å². The van der Waals surface area contributed by atoms with Gasteiger partial charge in [-0.3, -0.25) is 9.20 Å². The van der Waals surface area contributed by atoms with Crippen LogP contribution in [0.2, 0.25) is 0 Å². The van der Waals surface area contributed by atoms with Gasteiger partial charge < -0.3 is 9.73 Å². The molecule has 4 rings (SSSR count). The van der Waals surface area contributed by atoms with Gasteiger partial charge in [0.05, 0.1) is 6.54 Å². The number of nitrogens with one attached hydrogen (secondary N) is 1. The second-order valence-electron chi connectivity index (χ2n) is 6.35. The third-order valence-corrected chi connectivity index (χ3v) is 4.69. The standard InChI is InChI=1S/C18H18N4O3/c1-11-9-13(12-5-4-6-12)25-18(24)16(11)17(23)19-10-15-21-20-14-7-2-3-8-22(14)15/h2-3,7-9,12H,4-6,10H2,1H3,(H,19,23). The molecule has 128 valence electrons. The zero-order chi connectivity index (χ0) is 17.4. The molecule has 25 heavy (non-hydrogen) atoms. The minimum absolute atomic E-state index is 0.0527. The van der Waals surface area contributed by atoms with Crippen LogP contribution in [-0.4, -0.2) is 20.5 Å². The van der Waals surface area contributed by atoms with E-state index in [2.05, 4.69) is 15.5 Å². The number of hydrogen-bond acceptors (Lipinski definition) is 5. The van der Waals surface area contributed by atoms with Crippen LogP contribution in [0.15, 0.2) is 39.7 Å². The van der Waals surface area contributed by atoms with Crippen molar-refractivity contribution in [3.05, 3.63) is 63.6 Å². The minimum atomic E-state index is -0.578. The minimum Gasteiger partial charge on any atom is -0.427 e. The molecule has 0 spiro atoms. The first-order chi connectivity index (χ1) is 12.1. The maximum absolute atomic E-state index is 12.5. The number of carbonyl (C=O) groups is 1. The lowest BCUT2D eigenvalue weighted by atomic mass is 9.83. The summed E-state index contributed by atoms with van der Waals surface area (Å²) in [5.41, 5.74) is 0.816. The van der Waals surface area contributed by atoms with Crippen LogP contribution in [0.25, 0.3) is 5.65 Å². The fourth-order valence-corrected chi connectivity index (χ4v) is 3.06. The van der Waals surface area contributed by atoms with Crippen molar-refractivity contribution >= 4 is 11.6 Å². The molecule has 0 saturated heterocycles. The van der Waals surface area contributed by atoms with E-state index in [1.54, 1.807) is 11.3 Å². The van der Waals surface area contributed by atoms with Crippen molar-refractivity contribution in [2.45, 2.75) is 38.6 Å². The van der Waals surface area contributed by atoms with Gasteiger partial charge in [0, 0.05) is 12.1 Å². The Balaban J connectivity index is 1.54. The van der Waals surface area contributed by atoms with Gasteiger partial charge in [0.15, 0.2) is 11.5 Å². The molecule has 0 bridgehead atoms. The average molecular weight is 338 g/mol. The lowest BCUT2D eigenvalue weighted by Crippen LogP contribution is -2.30. The smallest absolute Gasteiger partial charge is 0.349 e. The summed E-state index contributed by atoms with van der Waals surface area (Å²) in [6.07, 6.45) is 5.05. The Kier molecular flexibility index (Phi) is 3.83. The van der Waals surface area contributed by atoms with E-state index < -0.39 is 11.5 Å². The summed E-state index contributed by atoms with van der Waals surface area (Å²) in [4.78, 5) is 24.7. The molecule has 0 radical (unpaired) electrons. The molecular weight excluding hydrogens is 320 g/mol. The molecule has 0 atom stereocenters. The summed E-state index contributed by atoms with van der Waals surface area (Å²) in [6, 6.07) is 7.37. The molecule has 1 fully saturated rings. The Morgan fingerprint density at radius 2 is 2.20 bits per heavy atom. The zero-order valence-corrected chi connectivity index (χ0v) is 13.9. The third-order valence-electron chi connectivity index (χ3n) is 4.69. The molecule has 0 aromatic carbocycles. The predicted octanol–water partition coefficient (Wildman–Crippen LogP) is 2.19. The summed E-state index contributed by atoms with van der Waals surface area (Å²) in [5.74, 6) is 1.13. The Hall–Kier alpha value is -2.96. The molecule has 0 unspecified atom stereocenters. The molecule has 0 aliphatic heterocycles. The monoisotopic (exact) mass is 338 g/mol. The second kappa shape index (κ2) is 6.16. The number of nitrogens with zero attached hydrogens (tertiary/aromatic N) is 3. The number of fused-ring (bicyclic) bond motifs is 1. The molecule has 1 amide bonds. The summed E-state index contributed by atoms with van der Waals surface area (Å²) >= 11 is 0. The third kappa shape index (κ3) is 2.82. The van der Waals surface area contributed by atoms with Gasteiger partial charge >= 0.3 is 5.63 Å². The van der Waals surface area contributed by atoms with Gasteiger partial charge in [-0.1, -0.05) is 12.5 Å². The van der Waals surface area contributed by atoms with Gasteiger partial charge in [-0.25, -0.2) is 4.79 Å². The summed E-state index contributed by atoms with van der Waals surface area (Å²) in [7, 11) is 0. The first kappa shape index (κ1) is 15.6. The molecule has 1 aliphatic rings. The molecule has 3 aromatic heterocycles. The SMILES string of the molecule is Cc1cc(C2CCC2)oc(=O)c1C(=O)NCc1nnc2ccccn12. The van der Waals surface area contributed by atoms with E-state index in [9.17, 15) is 9.59 Å². The maximum atomic E-state index is 12.5. The number of hydrogen-bond donors (Lipinski definition) is 1. The van der Waals surface area contributed by atoms with Gasteiger partial charge in [0.25, 0.3) is 5.91 Å². The number of aryl methyl sites for hydroxylation is 1. The number of carbonyl (C=O) groups excluding carboxylic acids is 1. The lowest BCUT2D eigenvalue weighted by Gasteiger charge is -2.24. The van der Waals surface area contributed by atoms with Crippen LogP contribution in [0.3, 0.4) is 0 Å². The highest BCUT2D eigenvalue weighted by molar-refractivity contribution is 5.95. The molecule has 1 aliphatic carbocycles.